The lowest BCUT2D eigenvalue weighted by Crippen LogP contribution is -2.39. The zero-order valence-electron chi connectivity index (χ0n) is 24.1. The number of nitrogen functional groups attached to an aromatic ring is 1. The number of aromatic nitrogens is 3. The van der Waals surface area contributed by atoms with Crippen LogP contribution in [0.1, 0.15) is 19.5 Å². The van der Waals surface area contributed by atoms with E-state index in [1.807, 2.05) is 13.0 Å². The lowest BCUT2D eigenvalue weighted by Gasteiger charge is -2.27. The molecule has 1 aliphatic rings. The molecular formula is C28H38N5O9P. The molecule has 5 N–H and O–H groups in total. The molecule has 3 aromatic rings. The molecule has 1 aliphatic heterocycles. The second kappa shape index (κ2) is 15.5. The summed E-state index contributed by atoms with van der Waals surface area (Å²) in [5.41, 5.74) is 5.62. The molecular weight excluding hydrogens is 581 g/mol. The number of carbonyl (C=O) groups is 1. The Hall–Kier alpha value is -3.20. The van der Waals surface area contributed by atoms with Crippen molar-refractivity contribution in [3.63, 3.8) is 0 Å². The number of hydrogen-bond donors (Lipinski definition) is 4. The predicted octanol–water partition coefficient (Wildman–Crippen LogP) is 1.71. The standard InChI is InChI=1S/C28H38N5O9P/c1-4-20(27(36)39-16-15-38-14-13-37-5-2)32-43(42-19-9-7-6-8-10-19)40-17-22-24(34)25(35)28(3,41-22)23-12-11-21-26(29)30-18-31-33(21)23/h4,6-12,18,20,22,24-25,32,34-35H,1,5,13-17H2,2-3H3,(H2,29,30,31)/t20-,22+,24+,25+,28-,43?/m0/s1. The van der Waals surface area contributed by atoms with Crippen LogP contribution in [0.4, 0.5) is 5.82 Å². The maximum Gasteiger partial charge on any atom is 0.327 e. The average Bonchev–Trinajstić information content (AvgIpc) is 3.55. The summed E-state index contributed by atoms with van der Waals surface area (Å²) in [6.45, 7) is 8.78. The molecule has 3 heterocycles. The van der Waals surface area contributed by atoms with Gasteiger partial charge >= 0.3 is 14.5 Å². The van der Waals surface area contributed by atoms with Crippen LogP contribution < -0.4 is 15.3 Å². The van der Waals surface area contributed by atoms with E-state index in [1.54, 1.807) is 43.3 Å². The topological polar surface area (TPSA) is 181 Å². The van der Waals surface area contributed by atoms with E-state index in [2.05, 4.69) is 21.7 Å². The molecule has 0 bridgehead atoms. The first-order valence-corrected chi connectivity index (χ1v) is 15.0. The number of nitrogens with one attached hydrogen (secondary N) is 1. The number of nitrogens with two attached hydrogens (primary N) is 1. The van der Waals surface area contributed by atoms with E-state index in [9.17, 15) is 15.0 Å². The van der Waals surface area contributed by atoms with Gasteiger partial charge in [-0.2, -0.15) is 5.10 Å². The maximum atomic E-state index is 12.7. The number of carbonyl (C=O) groups excluding carboxylic acids is 1. The number of nitrogens with zero attached hydrogens (tertiary/aromatic N) is 3. The Morgan fingerprint density at radius 3 is 2.70 bits per heavy atom. The molecule has 43 heavy (non-hydrogen) atoms. The van der Waals surface area contributed by atoms with Gasteiger partial charge in [-0.05, 0) is 38.1 Å². The third kappa shape index (κ3) is 8.05. The zero-order chi connectivity index (χ0) is 30.8. The molecule has 1 unspecified atom stereocenters. The fourth-order valence-corrected chi connectivity index (χ4v) is 5.65. The summed E-state index contributed by atoms with van der Waals surface area (Å²) in [4.78, 5) is 16.7. The van der Waals surface area contributed by atoms with Crippen molar-refractivity contribution in [2.24, 2.45) is 0 Å². The van der Waals surface area contributed by atoms with Crippen molar-refractivity contribution >= 4 is 25.8 Å². The highest BCUT2D eigenvalue weighted by Gasteiger charge is 2.54. The highest BCUT2D eigenvalue weighted by molar-refractivity contribution is 7.45. The van der Waals surface area contributed by atoms with E-state index < -0.39 is 44.5 Å². The molecule has 2 aromatic heterocycles. The van der Waals surface area contributed by atoms with Crippen molar-refractivity contribution in [2.45, 2.75) is 43.8 Å². The van der Waals surface area contributed by atoms with E-state index in [4.69, 9.17) is 33.7 Å². The summed E-state index contributed by atoms with van der Waals surface area (Å²) in [6.07, 6.45) is -0.927. The normalized spacial score (nSPS) is 23.2. The molecule has 15 heteroatoms. The minimum Gasteiger partial charge on any atom is -0.462 e. The minimum absolute atomic E-state index is 0.0405. The predicted molar refractivity (Wildman–Crippen MR) is 157 cm³/mol. The number of fused-ring (bicyclic) bond motifs is 1. The molecule has 1 aromatic carbocycles. The van der Waals surface area contributed by atoms with Crippen molar-refractivity contribution in [1.82, 2.24) is 19.7 Å². The highest BCUT2D eigenvalue weighted by atomic mass is 31.2. The van der Waals surface area contributed by atoms with E-state index >= 15 is 0 Å². The third-order valence-electron chi connectivity index (χ3n) is 6.73. The first-order valence-electron chi connectivity index (χ1n) is 13.8. The van der Waals surface area contributed by atoms with E-state index in [1.165, 1.54) is 16.9 Å². The Kier molecular flexibility index (Phi) is 11.8. The highest BCUT2D eigenvalue weighted by Crippen LogP contribution is 2.43. The van der Waals surface area contributed by atoms with Crippen LogP contribution in [-0.4, -0.2) is 94.8 Å². The minimum atomic E-state index is -1.99. The Bertz CT molecular complexity index is 1330. The molecule has 1 fully saturated rings. The summed E-state index contributed by atoms with van der Waals surface area (Å²) in [6, 6.07) is 11.3. The molecule has 0 amide bonds. The Labute approximate surface area is 250 Å². The van der Waals surface area contributed by atoms with Crippen molar-refractivity contribution in [2.75, 3.05) is 45.4 Å². The SMILES string of the molecule is C=C[C@H](NP(OC[C@H]1O[C@@](C)(c2ccc3c(N)ncnn23)[C@H](O)[C@@H]1O)Oc1ccccc1)C(=O)OCCOCCOCC. The van der Waals surface area contributed by atoms with Crippen molar-refractivity contribution in [1.29, 1.82) is 0 Å². The van der Waals surface area contributed by atoms with Crippen LogP contribution in [0.5, 0.6) is 5.75 Å². The maximum absolute atomic E-state index is 12.7. The molecule has 234 valence electrons. The van der Waals surface area contributed by atoms with Gasteiger partial charge in [0.25, 0.3) is 0 Å². The third-order valence-corrected chi connectivity index (χ3v) is 7.97. The monoisotopic (exact) mass is 619 g/mol. The first kappa shape index (κ1) is 32.7. The Balaban J connectivity index is 1.40. The summed E-state index contributed by atoms with van der Waals surface area (Å²) >= 11 is 0. The summed E-state index contributed by atoms with van der Waals surface area (Å²) in [7, 11) is -1.99. The van der Waals surface area contributed by atoms with Gasteiger partial charge in [-0.1, -0.05) is 24.3 Å². The van der Waals surface area contributed by atoms with Crippen LogP contribution in [-0.2, 0) is 33.9 Å². The van der Waals surface area contributed by atoms with Crippen molar-refractivity contribution < 1.29 is 43.0 Å². The van der Waals surface area contributed by atoms with Gasteiger partial charge in [0, 0.05) is 6.61 Å². The van der Waals surface area contributed by atoms with Gasteiger partial charge in [-0.25, -0.2) is 19.4 Å². The number of para-hydroxylation sites is 1. The van der Waals surface area contributed by atoms with E-state index in [0.29, 0.717) is 36.8 Å². The fourth-order valence-electron chi connectivity index (χ4n) is 4.43. The molecule has 4 rings (SSSR count). The molecule has 0 aliphatic carbocycles. The largest absolute Gasteiger partial charge is 0.462 e. The van der Waals surface area contributed by atoms with Crippen LogP contribution in [0.2, 0.25) is 0 Å². The molecule has 1 saturated heterocycles. The number of anilines is 1. The van der Waals surface area contributed by atoms with Crippen LogP contribution in [0.25, 0.3) is 5.52 Å². The van der Waals surface area contributed by atoms with Crippen LogP contribution in [0.15, 0.2) is 61.4 Å². The van der Waals surface area contributed by atoms with Crippen molar-refractivity contribution in [3.8, 4) is 5.75 Å². The number of esters is 1. The van der Waals surface area contributed by atoms with Gasteiger partial charge < -0.3 is 43.9 Å². The number of benzene rings is 1. The van der Waals surface area contributed by atoms with Gasteiger partial charge in [0.2, 0.25) is 0 Å². The molecule has 0 radical (unpaired) electrons. The quantitative estimate of drug-likeness (QED) is 0.0743. The molecule has 0 saturated carbocycles. The van der Waals surface area contributed by atoms with Crippen molar-refractivity contribution in [3.05, 3.63) is 67.1 Å². The number of ether oxygens (including phenoxy) is 4. The van der Waals surface area contributed by atoms with Crippen LogP contribution in [0, 0.1) is 0 Å². The molecule has 6 atom stereocenters. The summed E-state index contributed by atoms with van der Waals surface area (Å²) in [5, 5.41) is 29.2. The number of rotatable bonds is 17. The smallest absolute Gasteiger partial charge is 0.327 e. The number of hydrogen-bond acceptors (Lipinski definition) is 13. The lowest BCUT2D eigenvalue weighted by atomic mass is 9.93. The summed E-state index contributed by atoms with van der Waals surface area (Å²) < 4.78 is 35.6. The molecule has 14 nitrogen and oxygen atoms in total. The van der Waals surface area contributed by atoms with Crippen LogP contribution in [0.3, 0.4) is 0 Å². The van der Waals surface area contributed by atoms with Gasteiger partial charge in [0.1, 0.15) is 54.2 Å². The molecule has 0 spiro atoms. The van der Waals surface area contributed by atoms with Crippen LogP contribution >= 0.6 is 8.53 Å². The fraction of sp³-hybridized carbons (Fsp3) is 0.464. The van der Waals surface area contributed by atoms with Gasteiger partial charge in [0.15, 0.2) is 5.82 Å². The zero-order valence-corrected chi connectivity index (χ0v) is 25.0. The first-order chi connectivity index (χ1) is 20.8. The lowest BCUT2D eigenvalue weighted by molar-refractivity contribution is -0.146. The number of aliphatic hydroxyl groups is 2. The summed E-state index contributed by atoms with van der Waals surface area (Å²) in [5.74, 6) is 0.143. The second-order valence-corrected chi connectivity index (χ2v) is 10.8. The van der Waals surface area contributed by atoms with Gasteiger partial charge in [0.05, 0.1) is 32.1 Å². The van der Waals surface area contributed by atoms with E-state index in [-0.39, 0.29) is 25.6 Å². The Morgan fingerprint density at radius 2 is 1.95 bits per heavy atom. The van der Waals surface area contributed by atoms with Gasteiger partial charge in [-0.3, -0.25) is 0 Å². The number of aliphatic hydroxyl groups excluding tert-OH is 2. The Morgan fingerprint density at radius 1 is 1.21 bits per heavy atom. The second-order valence-electron chi connectivity index (χ2n) is 9.64. The average molecular weight is 620 g/mol. The van der Waals surface area contributed by atoms with Gasteiger partial charge in [-0.15, -0.1) is 6.58 Å². The van der Waals surface area contributed by atoms with E-state index in [0.717, 1.165) is 0 Å².